The second-order valence-corrected chi connectivity index (χ2v) is 7.56. The molecule has 0 atom stereocenters. The van der Waals surface area contributed by atoms with Gasteiger partial charge in [0, 0.05) is 32.0 Å². The molecule has 0 radical (unpaired) electrons. The highest BCUT2D eigenvalue weighted by Crippen LogP contribution is 2.28. The summed E-state index contributed by atoms with van der Waals surface area (Å²) in [5, 5.41) is 3.77. The summed E-state index contributed by atoms with van der Waals surface area (Å²) in [5.74, 6) is 1.24. The summed E-state index contributed by atoms with van der Waals surface area (Å²) >= 11 is 0. The lowest BCUT2D eigenvalue weighted by Crippen LogP contribution is -2.34. The lowest BCUT2D eigenvalue weighted by molar-refractivity contribution is 0.0526. The topological polar surface area (TPSA) is 104 Å². The molecule has 8 nitrogen and oxygen atoms in total. The number of benzene rings is 1. The zero-order chi connectivity index (χ0) is 20.3. The van der Waals surface area contributed by atoms with Crippen molar-refractivity contribution < 1.29 is 14.3 Å². The van der Waals surface area contributed by atoms with E-state index in [4.69, 9.17) is 20.2 Å². The lowest BCUT2D eigenvalue weighted by Gasteiger charge is -2.20. The Morgan fingerprint density at radius 3 is 2.71 bits per heavy atom. The van der Waals surface area contributed by atoms with Crippen LogP contribution < -0.4 is 11.1 Å². The third-order valence-electron chi connectivity index (χ3n) is 4.22. The molecule has 28 heavy (non-hydrogen) atoms. The third kappa shape index (κ3) is 4.33. The van der Waals surface area contributed by atoms with Crippen molar-refractivity contribution in [1.29, 1.82) is 0 Å². The molecule has 0 saturated heterocycles. The Bertz CT molecular complexity index is 991. The number of carbonyl (C=O) groups excluding carboxylic acids is 1. The molecule has 2 aromatic heterocycles. The number of pyridine rings is 1. The maximum atomic E-state index is 12.0. The van der Waals surface area contributed by atoms with Gasteiger partial charge in [-0.3, -0.25) is 0 Å². The first-order valence-electron chi connectivity index (χ1n) is 9.29. The Morgan fingerprint density at radius 2 is 2.00 bits per heavy atom. The Morgan fingerprint density at radius 1 is 1.25 bits per heavy atom. The molecule has 1 amide bonds. The van der Waals surface area contributed by atoms with Crippen LogP contribution in [0.3, 0.4) is 0 Å². The third-order valence-corrected chi connectivity index (χ3v) is 4.22. The van der Waals surface area contributed by atoms with Gasteiger partial charge in [0.15, 0.2) is 5.82 Å². The molecule has 0 saturated carbocycles. The number of rotatable bonds is 6. The molecule has 0 fully saturated rings. The highest BCUT2D eigenvalue weighted by Gasteiger charge is 2.18. The summed E-state index contributed by atoms with van der Waals surface area (Å²) in [6.45, 7) is 6.97. The van der Waals surface area contributed by atoms with Crippen LogP contribution >= 0.6 is 0 Å². The van der Waals surface area contributed by atoms with Gasteiger partial charge in [-0.15, -0.1) is 0 Å². The van der Waals surface area contributed by atoms with Gasteiger partial charge in [-0.2, -0.15) is 0 Å². The number of nitrogens with two attached hydrogens (primary N) is 1. The SMILES string of the molecule is COCCc1nc2c(N)nc3ccccc3c2n1CCNC(=O)OC(C)(C)C. The van der Waals surface area contributed by atoms with Crippen molar-refractivity contribution in [3.8, 4) is 0 Å². The summed E-state index contributed by atoms with van der Waals surface area (Å²) in [5.41, 5.74) is 8.03. The Labute approximate surface area is 164 Å². The van der Waals surface area contributed by atoms with E-state index in [0.717, 1.165) is 22.2 Å². The van der Waals surface area contributed by atoms with Crippen LogP contribution in [0.5, 0.6) is 0 Å². The van der Waals surface area contributed by atoms with E-state index in [0.29, 0.717) is 37.5 Å². The van der Waals surface area contributed by atoms with Gasteiger partial charge in [0.2, 0.25) is 0 Å². The van der Waals surface area contributed by atoms with Crippen molar-refractivity contribution in [3.05, 3.63) is 30.1 Å². The number of hydrogen-bond acceptors (Lipinski definition) is 6. The van der Waals surface area contributed by atoms with Crippen LogP contribution in [-0.2, 0) is 22.4 Å². The van der Waals surface area contributed by atoms with Crippen molar-refractivity contribution in [1.82, 2.24) is 19.9 Å². The molecule has 0 bridgehead atoms. The van der Waals surface area contributed by atoms with Crippen LogP contribution in [0, 0.1) is 0 Å². The number of nitrogens with zero attached hydrogens (tertiary/aromatic N) is 3. The van der Waals surface area contributed by atoms with Crippen molar-refractivity contribution in [2.24, 2.45) is 0 Å². The molecule has 0 unspecified atom stereocenters. The fourth-order valence-electron chi connectivity index (χ4n) is 3.11. The van der Waals surface area contributed by atoms with Crippen LogP contribution in [0.2, 0.25) is 0 Å². The number of amides is 1. The molecule has 150 valence electrons. The van der Waals surface area contributed by atoms with E-state index in [1.165, 1.54) is 0 Å². The number of alkyl carbamates (subject to hydrolysis) is 1. The number of nitrogen functional groups attached to an aromatic ring is 1. The predicted molar refractivity (Wildman–Crippen MR) is 109 cm³/mol. The highest BCUT2D eigenvalue weighted by atomic mass is 16.6. The molecule has 0 aliphatic heterocycles. The molecule has 2 heterocycles. The van der Waals surface area contributed by atoms with Crippen LogP contribution in [0.4, 0.5) is 10.6 Å². The summed E-state index contributed by atoms with van der Waals surface area (Å²) in [4.78, 5) is 21.1. The summed E-state index contributed by atoms with van der Waals surface area (Å²) in [6, 6.07) is 7.82. The monoisotopic (exact) mass is 385 g/mol. The fraction of sp³-hybridized carbons (Fsp3) is 0.450. The predicted octanol–water partition coefficient (Wildman–Crippen LogP) is 2.88. The van der Waals surface area contributed by atoms with Gasteiger partial charge in [-0.25, -0.2) is 14.8 Å². The van der Waals surface area contributed by atoms with Gasteiger partial charge in [-0.05, 0) is 26.8 Å². The van der Waals surface area contributed by atoms with Gasteiger partial charge in [0.1, 0.15) is 16.9 Å². The molecule has 0 spiro atoms. The maximum absolute atomic E-state index is 12.0. The Balaban J connectivity index is 1.95. The zero-order valence-corrected chi connectivity index (χ0v) is 16.8. The number of methoxy groups -OCH3 is 1. The van der Waals surface area contributed by atoms with E-state index < -0.39 is 11.7 Å². The van der Waals surface area contributed by atoms with E-state index >= 15 is 0 Å². The summed E-state index contributed by atoms with van der Waals surface area (Å²) in [7, 11) is 1.66. The van der Waals surface area contributed by atoms with Gasteiger partial charge in [-0.1, -0.05) is 18.2 Å². The molecule has 3 rings (SSSR count). The molecule has 1 aromatic carbocycles. The van der Waals surface area contributed by atoms with E-state index in [-0.39, 0.29) is 0 Å². The number of anilines is 1. The maximum Gasteiger partial charge on any atom is 0.407 e. The van der Waals surface area contributed by atoms with Crippen LogP contribution in [-0.4, -0.2) is 46.5 Å². The quantitative estimate of drug-likeness (QED) is 0.676. The van der Waals surface area contributed by atoms with Crippen LogP contribution in [0.1, 0.15) is 26.6 Å². The number of carbonyl (C=O) groups is 1. The number of hydrogen-bond donors (Lipinski definition) is 2. The molecule has 3 aromatic rings. The minimum Gasteiger partial charge on any atom is -0.444 e. The van der Waals surface area contributed by atoms with E-state index in [9.17, 15) is 4.79 Å². The number of fused-ring (bicyclic) bond motifs is 3. The van der Waals surface area contributed by atoms with E-state index in [1.807, 2.05) is 45.0 Å². The standard InChI is InChI=1S/C20H27N5O3/c1-20(2,3)28-19(26)22-10-11-25-15(9-12-27-4)24-16-17(25)13-7-5-6-8-14(13)23-18(16)21/h5-8H,9-12H2,1-4H3,(H2,21,23)(H,22,26). The molecule has 0 aliphatic rings. The summed E-state index contributed by atoms with van der Waals surface area (Å²) < 4.78 is 12.6. The highest BCUT2D eigenvalue weighted by molar-refractivity contribution is 6.06. The average Bonchev–Trinajstić information content (AvgIpc) is 2.98. The average molecular weight is 385 g/mol. The first-order chi connectivity index (χ1) is 13.3. The Kier molecular flexibility index (Phi) is 5.69. The largest absolute Gasteiger partial charge is 0.444 e. The van der Waals surface area contributed by atoms with Gasteiger partial charge >= 0.3 is 6.09 Å². The number of nitrogens with one attached hydrogen (secondary N) is 1. The van der Waals surface area contributed by atoms with Crippen LogP contribution in [0.15, 0.2) is 24.3 Å². The second-order valence-electron chi connectivity index (χ2n) is 7.56. The number of imidazole rings is 1. The Hall–Kier alpha value is -2.87. The van der Waals surface area contributed by atoms with Crippen molar-refractivity contribution in [3.63, 3.8) is 0 Å². The first kappa shape index (κ1) is 19.9. The van der Waals surface area contributed by atoms with E-state index in [2.05, 4.69) is 14.9 Å². The summed E-state index contributed by atoms with van der Waals surface area (Å²) in [6.07, 6.45) is 0.187. The molecular formula is C20H27N5O3. The lowest BCUT2D eigenvalue weighted by atomic mass is 10.2. The van der Waals surface area contributed by atoms with Crippen molar-refractivity contribution in [2.45, 2.75) is 39.3 Å². The number of aromatic nitrogens is 3. The molecular weight excluding hydrogens is 358 g/mol. The smallest absolute Gasteiger partial charge is 0.407 e. The minimum absolute atomic E-state index is 0.395. The van der Waals surface area contributed by atoms with Gasteiger partial charge in [0.25, 0.3) is 0 Å². The number of ether oxygens (including phenoxy) is 2. The van der Waals surface area contributed by atoms with Crippen molar-refractivity contribution >= 4 is 33.8 Å². The first-order valence-corrected chi connectivity index (χ1v) is 9.29. The molecule has 8 heteroatoms. The minimum atomic E-state index is -0.536. The second kappa shape index (κ2) is 8.02. The van der Waals surface area contributed by atoms with Gasteiger partial charge in [0.05, 0.1) is 17.6 Å². The fourth-order valence-corrected chi connectivity index (χ4v) is 3.11. The zero-order valence-electron chi connectivity index (χ0n) is 16.8. The van der Waals surface area contributed by atoms with Crippen LogP contribution in [0.25, 0.3) is 21.9 Å². The van der Waals surface area contributed by atoms with Crippen molar-refractivity contribution in [2.75, 3.05) is 26.0 Å². The number of para-hydroxylation sites is 1. The van der Waals surface area contributed by atoms with E-state index in [1.54, 1.807) is 7.11 Å². The van der Waals surface area contributed by atoms with Gasteiger partial charge < -0.3 is 25.1 Å². The normalized spacial score (nSPS) is 11.9. The molecule has 3 N–H and O–H groups in total. The molecule has 0 aliphatic carbocycles.